The highest BCUT2D eigenvalue weighted by Crippen LogP contribution is 2.30. The monoisotopic (exact) mass is 623 g/mol. The summed E-state index contributed by atoms with van der Waals surface area (Å²) in [5.41, 5.74) is 3.25. The van der Waals surface area contributed by atoms with Gasteiger partial charge in [0.25, 0.3) is 5.96 Å². The van der Waals surface area contributed by atoms with Crippen molar-refractivity contribution in [2.24, 2.45) is 0 Å². The summed E-state index contributed by atoms with van der Waals surface area (Å²) < 4.78 is 12.6. The SMILES string of the molecule is CC(C(=O)[O-])c1cccc(C(=O)c2ccccc2)c1.COc1ccc(NC(=N)N(C(N(C)C)=[N+](C)C)c2ccccc2)cc1OC. The van der Waals surface area contributed by atoms with E-state index in [4.69, 9.17) is 14.9 Å². The molecule has 10 nitrogen and oxygen atoms in total. The molecule has 0 aliphatic heterocycles. The lowest BCUT2D eigenvalue weighted by Crippen LogP contribution is -2.50. The summed E-state index contributed by atoms with van der Waals surface area (Å²) >= 11 is 0. The first kappa shape index (κ1) is 34.8. The molecule has 0 saturated carbocycles. The van der Waals surface area contributed by atoms with E-state index in [0.29, 0.717) is 28.2 Å². The lowest BCUT2D eigenvalue weighted by Gasteiger charge is -2.25. The van der Waals surface area contributed by atoms with Gasteiger partial charge in [-0.05, 0) is 35.9 Å². The number of carboxylic acids is 1. The number of nitrogens with one attached hydrogen (secondary N) is 2. The van der Waals surface area contributed by atoms with Gasteiger partial charge in [0.05, 0.1) is 42.4 Å². The standard InChI is InChI=1S/C20H28N5O2.C16H14O3/c1-23(2)20(24(3)4)25(16-10-8-7-9-11-16)19(21)22-15-12-13-17(26-5)18(14-15)27-6;1-11(16(18)19)13-8-5-9-14(10-13)15(17)12-6-3-2-4-7-12/h7-14H,1-6H3,(H2,21,22);2-11H,1H3,(H,18,19)/q+1;/p-1. The van der Waals surface area contributed by atoms with Gasteiger partial charge >= 0.3 is 5.96 Å². The van der Waals surface area contributed by atoms with E-state index in [9.17, 15) is 14.7 Å². The average molecular weight is 624 g/mol. The minimum absolute atomic E-state index is 0.118. The number of carboxylic acid groups (broad SMARTS) is 1. The number of hydrogen-bond donors (Lipinski definition) is 2. The van der Waals surface area contributed by atoms with Gasteiger partial charge in [-0.15, -0.1) is 0 Å². The Labute approximate surface area is 270 Å². The molecule has 4 aromatic carbocycles. The third kappa shape index (κ3) is 8.95. The van der Waals surface area contributed by atoms with Gasteiger partial charge in [0.2, 0.25) is 0 Å². The maximum atomic E-state index is 12.2. The number of nitrogens with zero attached hydrogens (tertiary/aromatic N) is 3. The van der Waals surface area contributed by atoms with Crippen molar-refractivity contribution >= 4 is 35.0 Å². The molecule has 0 saturated heterocycles. The Hall–Kier alpha value is -5.64. The summed E-state index contributed by atoms with van der Waals surface area (Å²) in [5, 5.41) is 22.7. The average Bonchev–Trinajstić information content (AvgIpc) is 3.07. The fourth-order valence-electron chi connectivity index (χ4n) is 4.67. The number of ketones is 1. The normalized spacial score (nSPS) is 10.8. The van der Waals surface area contributed by atoms with Crippen LogP contribution in [0, 0.1) is 5.41 Å². The van der Waals surface area contributed by atoms with Gasteiger partial charge in [-0.3, -0.25) is 19.7 Å². The first-order valence-corrected chi connectivity index (χ1v) is 14.5. The van der Waals surface area contributed by atoms with E-state index >= 15 is 0 Å². The summed E-state index contributed by atoms with van der Waals surface area (Å²) in [5.74, 6) is 0.306. The van der Waals surface area contributed by atoms with Crippen LogP contribution >= 0.6 is 0 Å². The van der Waals surface area contributed by atoms with Gasteiger partial charge in [0.1, 0.15) is 5.69 Å². The molecule has 2 N–H and O–H groups in total. The van der Waals surface area contributed by atoms with Gasteiger partial charge < -0.3 is 24.7 Å². The zero-order valence-electron chi connectivity index (χ0n) is 27.3. The minimum atomic E-state index is -1.15. The quantitative estimate of drug-likeness (QED) is 0.127. The smallest absolute Gasteiger partial charge is 0.362 e. The van der Waals surface area contributed by atoms with Crippen molar-refractivity contribution in [1.82, 2.24) is 4.90 Å². The number of benzene rings is 4. The Balaban J connectivity index is 0.000000266. The molecule has 0 bridgehead atoms. The molecular formula is C36H41N5O5. The van der Waals surface area contributed by atoms with Crippen LogP contribution in [-0.2, 0) is 4.79 Å². The van der Waals surface area contributed by atoms with Crippen molar-refractivity contribution in [3.05, 3.63) is 120 Å². The Kier molecular flexibility index (Phi) is 12.5. The van der Waals surface area contributed by atoms with Crippen LogP contribution in [-0.4, -0.2) is 75.6 Å². The van der Waals surface area contributed by atoms with E-state index in [0.717, 1.165) is 17.3 Å². The van der Waals surface area contributed by atoms with Crippen LogP contribution in [0.15, 0.2) is 103 Å². The number of aliphatic carboxylic acids is 1. The minimum Gasteiger partial charge on any atom is -0.550 e. The first-order chi connectivity index (χ1) is 22.0. The second-order valence-corrected chi connectivity index (χ2v) is 10.7. The van der Waals surface area contributed by atoms with Gasteiger partial charge in [0.15, 0.2) is 17.3 Å². The second kappa shape index (κ2) is 16.4. The zero-order chi connectivity index (χ0) is 33.8. The molecule has 0 fully saturated rings. The molecule has 1 atom stereocenters. The molecular weight excluding hydrogens is 582 g/mol. The van der Waals surface area contributed by atoms with E-state index in [1.165, 1.54) is 0 Å². The van der Waals surface area contributed by atoms with Crippen LogP contribution in [0.1, 0.15) is 34.3 Å². The first-order valence-electron chi connectivity index (χ1n) is 14.5. The number of carbonyl (C=O) groups is 2. The molecule has 0 spiro atoms. The Morgan fingerprint density at radius 2 is 1.39 bits per heavy atom. The molecule has 1 unspecified atom stereocenters. The van der Waals surface area contributed by atoms with Crippen molar-refractivity contribution in [1.29, 1.82) is 5.41 Å². The Morgan fingerprint density at radius 1 is 0.804 bits per heavy atom. The number of guanidine groups is 2. The summed E-state index contributed by atoms with van der Waals surface area (Å²) in [6.45, 7) is 1.54. The number of anilines is 2. The number of ether oxygens (including phenoxy) is 2. The number of methoxy groups -OCH3 is 2. The van der Waals surface area contributed by atoms with Crippen LogP contribution in [0.5, 0.6) is 11.5 Å². The number of carbonyl (C=O) groups excluding carboxylic acids is 2. The van der Waals surface area contributed by atoms with Gasteiger partial charge in [-0.2, -0.15) is 4.90 Å². The molecule has 10 heteroatoms. The highest BCUT2D eigenvalue weighted by Gasteiger charge is 2.29. The lowest BCUT2D eigenvalue weighted by molar-refractivity contribution is -0.470. The Morgan fingerprint density at radius 3 is 1.93 bits per heavy atom. The highest BCUT2D eigenvalue weighted by molar-refractivity contribution is 6.19. The van der Waals surface area contributed by atoms with Crippen molar-refractivity contribution in [2.75, 3.05) is 52.6 Å². The van der Waals surface area contributed by atoms with Crippen molar-refractivity contribution in [2.45, 2.75) is 12.8 Å². The molecule has 240 valence electrons. The molecule has 0 aliphatic carbocycles. The van der Waals surface area contributed by atoms with Crippen LogP contribution < -0.4 is 24.8 Å². The molecule has 0 aliphatic rings. The number of rotatable bonds is 8. The van der Waals surface area contributed by atoms with E-state index in [2.05, 4.69) is 5.32 Å². The number of para-hydroxylation sites is 1. The Bertz CT molecular complexity index is 1670. The fraction of sp³-hybridized carbons (Fsp3) is 0.222. The molecule has 4 aromatic rings. The number of hydrogen-bond acceptors (Lipinski definition) is 6. The second-order valence-electron chi connectivity index (χ2n) is 10.7. The highest BCUT2D eigenvalue weighted by atomic mass is 16.5. The van der Waals surface area contributed by atoms with Crippen molar-refractivity contribution in [3.63, 3.8) is 0 Å². The van der Waals surface area contributed by atoms with E-state index in [-0.39, 0.29) is 11.7 Å². The predicted molar refractivity (Wildman–Crippen MR) is 180 cm³/mol. The fourth-order valence-corrected chi connectivity index (χ4v) is 4.67. The van der Waals surface area contributed by atoms with Crippen molar-refractivity contribution in [3.8, 4) is 11.5 Å². The molecule has 0 aromatic heterocycles. The topological polar surface area (TPSA) is 121 Å². The molecule has 0 heterocycles. The maximum absolute atomic E-state index is 12.2. The summed E-state index contributed by atoms with van der Waals surface area (Å²) in [4.78, 5) is 26.9. The van der Waals surface area contributed by atoms with E-state index < -0.39 is 11.9 Å². The third-order valence-corrected chi connectivity index (χ3v) is 6.92. The lowest BCUT2D eigenvalue weighted by atomic mass is 9.96. The molecule has 4 rings (SSSR count). The van der Waals surface area contributed by atoms with Gasteiger partial charge in [-0.25, -0.2) is 0 Å². The molecule has 46 heavy (non-hydrogen) atoms. The van der Waals surface area contributed by atoms with Crippen LogP contribution in [0.25, 0.3) is 0 Å². The largest absolute Gasteiger partial charge is 0.550 e. The predicted octanol–water partition coefficient (Wildman–Crippen LogP) is 4.52. The zero-order valence-corrected chi connectivity index (χ0v) is 27.3. The van der Waals surface area contributed by atoms with E-state index in [1.54, 1.807) is 69.7 Å². The van der Waals surface area contributed by atoms with Crippen LogP contribution in [0.3, 0.4) is 0 Å². The third-order valence-electron chi connectivity index (χ3n) is 6.92. The summed E-state index contributed by atoms with van der Waals surface area (Å²) in [6, 6.07) is 30.8. The summed E-state index contributed by atoms with van der Waals surface area (Å²) in [7, 11) is 11.0. The van der Waals surface area contributed by atoms with Crippen LogP contribution in [0.2, 0.25) is 0 Å². The van der Waals surface area contributed by atoms with Gasteiger partial charge in [-0.1, -0.05) is 73.7 Å². The maximum Gasteiger partial charge on any atom is 0.362 e. The van der Waals surface area contributed by atoms with Crippen LogP contribution in [0.4, 0.5) is 11.4 Å². The van der Waals surface area contributed by atoms with Gasteiger partial charge in [0, 0.05) is 34.8 Å². The molecule has 0 radical (unpaired) electrons. The van der Waals surface area contributed by atoms with Crippen molar-refractivity contribution < 1.29 is 28.7 Å². The summed E-state index contributed by atoms with van der Waals surface area (Å²) in [6.07, 6.45) is 0. The van der Waals surface area contributed by atoms with E-state index in [1.807, 2.05) is 97.2 Å². The molecule has 0 amide bonds.